The van der Waals surface area contributed by atoms with E-state index in [4.69, 9.17) is 16.7 Å². The average molecular weight is 597 g/mol. The highest BCUT2D eigenvalue weighted by molar-refractivity contribution is 6.09. The van der Waals surface area contributed by atoms with Gasteiger partial charge in [-0.1, -0.05) is 36.4 Å². The van der Waals surface area contributed by atoms with Crippen molar-refractivity contribution >= 4 is 34.6 Å². The molecule has 1 aliphatic heterocycles. The van der Waals surface area contributed by atoms with E-state index in [1.165, 1.54) is 25.5 Å². The summed E-state index contributed by atoms with van der Waals surface area (Å²) in [5, 5.41) is 6.16. The molecule has 5 aromatic rings. The van der Waals surface area contributed by atoms with E-state index in [0.29, 0.717) is 12.1 Å². The second-order valence-electron chi connectivity index (χ2n) is 10.1. The summed E-state index contributed by atoms with van der Waals surface area (Å²) in [5.41, 5.74) is 9.99. The normalized spacial score (nSPS) is 13.2. The molecule has 5 heterocycles. The Bertz CT molecular complexity index is 1750. The van der Waals surface area contributed by atoms with Gasteiger partial charge in [0, 0.05) is 68.3 Å². The number of hydrogen-bond acceptors (Lipinski definition) is 9. The lowest BCUT2D eigenvalue weighted by atomic mass is 10.1. The zero-order valence-corrected chi connectivity index (χ0v) is 24.2. The third-order valence-corrected chi connectivity index (χ3v) is 7.16. The summed E-state index contributed by atoms with van der Waals surface area (Å²) in [6, 6.07) is 16.1. The number of anilines is 2. The number of nitrogens with two attached hydrogens (primary N) is 2. The number of nitrogens with zero attached hydrogens (tertiary/aromatic N) is 7. The molecule has 0 radical (unpaired) electrons. The number of hydrazine groups is 1. The number of aromatic amines is 1. The molecule has 0 spiro atoms. The molecule has 12 nitrogen and oxygen atoms in total. The topological polar surface area (TPSA) is 155 Å². The predicted molar refractivity (Wildman–Crippen MR) is 167 cm³/mol. The van der Waals surface area contributed by atoms with E-state index in [2.05, 4.69) is 38.2 Å². The molecular weight excluding hydrogens is 563 g/mol. The number of halogens is 1. The SMILES string of the molecule is CC(=O)c1c[nH]c2c(N(N)/C=C\N)ncc(F)c12.O=CN1CCN(c2cn(Cc3ccccn3)nc2-c2ccccc2)CC1. The Morgan fingerprint density at radius 3 is 2.50 bits per heavy atom. The number of piperazine rings is 1. The van der Waals surface area contributed by atoms with Crippen LogP contribution in [0.1, 0.15) is 23.0 Å². The predicted octanol–water partition coefficient (Wildman–Crippen LogP) is 3.29. The number of amides is 1. The molecule has 5 N–H and O–H groups in total. The lowest BCUT2D eigenvalue weighted by Crippen LogP contribution is -2.45. The van der Waals surface area contributed by atoms with Gasteiger partial charge in [-0.15, -0.1) is 0 Å². The number of rotatable bonds is 8. The molecule has 0 aliphatic carbocycles. The van der Waals surface area contributed by atoms with Crippen molar-refractivity contribution < 1.29 is 14.0 Å². The maximum Gasteiger partial charge on any atom is 0.209 e. The van der Waals surface area contributed by atoms with Crippen molar-refractivity contribution in [1.82, 2.24) is 29.6 Å². The van der Waals surface area contributed by atoms with E-state index >= 15 is 0 Å². The number of pyridine rings is 2. The number of aromatic nitrogens is 5. The minimum atomic E-state index is -0.578. The highest BCUT2D eigenvalue weighted by atomic mass is 19.1. The molecule has 0 unspecified atom stereocenters. The van der Waals surface area contributed by atoms with Crippen molar-refractivity contribution in [1.29, 1.82) is 0 Å². The maximum absolute atomic E-state index is 13.7. The van der Waals surface area contributed by atoms with Crippen LogP contribution in [-0.4, -0.2) is 68.0 Å². The van der Waals surface area contributed by atoms with E-state index in [-0.39, 0.29) is 22.6 Å². The van der Waals surface area contributed by atoms with Crippen molar-refractivity contribution in [2.75, 3.05) is 36.1 Å². The molecule has 1 aromatic carbocycles. The first-order valence-corrected chi connectivity index (χ1v) is 14.0. The molecule has 4 aromatic heterocycles. The van der Waals surface area contributed by atoms with Crippen LogP contribution < -0.4 is 21.5 Å². The number of nitrogens with one attached hydrogen (secondary N) is 1. The Balaban J connectivity index is 0.000000187. The number of ketones is 1. The Morgan fingerprint density at radius 2 is 1.84 bits per heavy atom. The number of fused-ring (bicyclic) bond motifs is 1. The van der Waals surface area contributed by atoms with E-state index in [1.807, 2.05) is 46.0 Å². The minimum absolute atomic E-state index is 0.174. The molecular formula is C31H33FN10O2. The molecule has 1 aliphatic rings. The first kappa shape index (κ1) is 29.9. The molecule has 6 rings (SSSR count). The number of Topliss-reactive ketones (excluding diaryl/α,β-unsaturated/α-hetero) is 1. The molecule has 13 heteroatoms. The summed E-state index contributed by atoms with van der Waals surface area (Å²) in [6.45, 7) is 5.10. The quantitative estimate of drug-likeness (QED) is 0.106. The fourth-order valence-corrected chi connectivity index (χ4v) is 4.98. The van der Waals surface area contributed by atoms with Crippen molar-refractivity contribution in [3.8, 4) is 11.3 Å². The summed E-state index contributed by atoms with van der Waals surface area (Å²) >= 11 is 0. The Kier molecular flexibility index (Phi) is 9.25. The average Bonchev–Trinajstić information content (AvgIpc) is 3.69. The summed E-state index contributed by atoms with van der Waals surface area (Å²) < 4.78 is 15.7. The number of hydrogen-bond donors (Lipinski definition) is 3. The van der Waals surface area contributed by atoms with Gasteiger partial charge in [0.15, 0.2) is 17.4 Å². The summed E-state index contributed by atoms with van der Waals surface area (Å²) in [7, 11) is 0. The second kappa shape index (κ2) is 13.6. The first-order chi connectivity index (χ1) is 21.4. The van der Waals surface area contributed by atoms with E-state index in [9.17, 15) is 14.0 Å². The monoisotopic (exact) mass is 596 g/mol. The van der Waals surface area contributed by atoms with Crippen LogP contribution in [0.25, 0.3) is 22.2 Å². The highest BCUT2D eigenvalue weighted by Gasteiger charge is 2.22. The van der Waals surface area contributed by atoms with Gasteiger partial charge in [0.25, 0.3) is 0 Å². The molecule has 1 saturated heterocycles. The summed E-state index contributed by atoms with van der Waals surface area (Å²) in [4.78, 5) is 37.6. The molecule has 44 heavy (non-hydrogen) atoms. The second-order valence-corrected chi connectivity index (χ2v) is 10.1. The van der Waals surface area contributed by atoms with Crippen molar-refractivity contribution in [2.24, 2.45) is 11.6 Å². The van der Waals surface area contributed by atoms with Crippen molar-refractivity contribution in [3.63, 3.8) is 0 Å². The van der Waals surface area contributed by atoms with Gasteiger partial charge in [-0.05, 0) is 19.1 Å². The smallest absolute Gasteiger partial charge is 0.209 e. The molecule has 0 saturated carbocycles. The van der Waals surface area contributed by atoms with Gasteiger partial charge in [0.1, 0.15) is 5.69 Å². The van der Waals surface area contributed by atoms with Gasteiger partial charge in [-0.2, -0.15) is 5.10 Å². The van der Waals surface area contributed by atoms with Gasteiger partial charge in [-0.3, -0.25) is 24.3 Å². The number of carbonyl (C=O) groups is 2. The molecule has 0 bridgehead atoms. The molecule has 226 valence electrons. The molecule has 0 atom stereocenters. The van der Waals surface area contributed by atoms with Crippen LogP contribution in [-0.2, 0) is 11.3 Å². The summed E-state index contributed by atoms with van der Waals surface area (Å²) in [5.74, 6) is 5.14. The van der Waals surface area contributed by atoms with Gasteiger partial charge in [0.05, 0.1) is 35.0 Å². The van der Waals surface area contributed by atoms with Crippen LogP contribution in [0, 0.1) is 5.82 Å². The fourth-order valence-electron chi connectivity index (χ4n) is 4.98. The number of carbonyl (C=O) groups excluding carboxylic acids is 2. The van der Waals surface area contributed by atoms with E-state index < -0.39 is 5.82 Å². The maximum atomic E-state index is 13.7. The third-order valence-electron chi connectivity index (χ3n) is 7.16. The Morgan fingerprint density at radius 1 is 1.09 bits per heavy atom. The largest absolute Gasteiger partial charge is 0.403 e. The zero-order chi connectivity index (χ0) is 31.1. The van der Waals surface area contributed by atoms with Gasteiger partial charge >= 0.3 is 0 Å². The number of benzene rings is 1. The van der Waals surface area contributed by atoms with Crippen LogP contribution >= 0.6 is 0 Å². The van der Waals surface area contributed by atoms with Gasteiger partial charge < -0.3 is 20.5 Å². The minimum Gasteiger partial charge on any atom is -0.403 e. The van der Waals surface area contributed by atoms with Crippen LogP contribution in [0.5, 0.6) is 0 Å². The van der Waals surface area contributed by atoms with E-state index in [0.717, 1.165) is 66.4 Å². The van der Waals surface area contributed by atoms with Gasteiger partial charge in [-0.25, -0.2) is 15.2 Å². The standard InChI is InChI=1S/C20H21N5O.C11H12FN5O/c26-16-23-10-12-24(13-11-23)19-15-25(14-18-8-4-5-9-21-18)22-20(19)17-6-2-1-3-7-17;1-6(18)7-4-15-10-9(7)8(12)5-16-11(10)17(14)3-2-13/h1-9,15-16H,10-14H2;2-5,15H,13-14H2,1H3/b;3-2-. The van der Waals surface area contributed by atoms with Crippen molar-refractivity contribution in [2.45, 2.75) is 13.5 Å². The van der Waals surface area contributed by atoms with Gasteiger partial charge in [0.2, 0.25) is 6.41 Å². The van der Waals surface area contributed by atoms with Crippen LogP contribution in [0.3, 0.4) is 0 Å². The zero-order valence-electron chi connectivity index (χ0n) is 24.2. The third kappa shape index (κ3) is 6.57. The number of H-pyrrole nitrogens is 1. The lowest BCUT2D eigenvalue weighted by Gasteiger charge is -2.33. The van der Waals surface area contributed by atoms with E-state index in [1.54, 1.807) is 6.20 Å². The highest BCUT2D eigenvalue weighted by Crippen LogP contribution is 2.31. The lowest BCUT2D eigenvalue weighted by molar-refractivity contribution is -0.118. The first-order valence-electron chi connectivity index (χ1n) is 14.0. The fraction of sp³-hybridized carbons (Fsp3) is 0.194. The van der Waals surface area contributed by atoms with Crippen LogP contribution in [0.15, 0.2) is 85.7 Å². The summed E-state index contributed by atoms with van der Waals surface area (Å²) in [6.07, 6.45) is 9.87. The Hall–Kier alpha value is -5.56. The Labute approximate surface area is 253 Å². The van der Waals surface area contributed by atoms with Crippen LogP contribution in [0.4, 0.5) is 15.9 Å². The molecule has 1 amide bonds. The van der Waals surface area contributed by atoms with Crippen molar-refractivity contribution in [3.05, 3.63) is 103 Å². The van der Waals surface area contributed by atoms with Crippen LogP contribution in [0.2, 0.25) is 0 Å². The molecule has 1 fully saturated rings.